The Hall–Kier alpha value is -2.28. The number of nitrogen functional groups attached to an aromatic ring is 1. The molecule has 0 fully saturated rings. The number of amides is 1. The van der Waals surface area contributed by atoms with Crippen LogP contribution >= 0.6 is 34.5 Å². The second kappa shape index (κ2) is 9.08. The van der Waals surface area contributed by atoms with Gasteiger partial charge in [0.05, 0.1) is 17.3 Å². The molecule has 1 aromatic heterocycles. The fourth-order valence-corrected chi connectivity index (χ4v) is 3.55. The Morgan fingerprint density at radius 1 is 1.22 bits per heavy atom. The topological polar surface area (TPSA) is 77.2 Å². The van der Waals surface area contributed by atoms with Crippen molar-refractivity contribution in [1.29, 1.82) is 0 Å². The normalized spacial score (nSPS) is 10.6. The van der Waals surface area contributed by atoms with E-state index in [4.69, 9.17) is 33.7 Å². The SMILES string of the molecule is Nc1cccc(-c2csc(NC(=O)CCCOc3ccc(Cl)cc3Cl)n2)c1. The molecule has 0 aliphatic heterocycles. The minimum atomic E-state index is -0.116. The summed E-state index contributed by atoms with van der Waals surface area (Å²) in [5.41, 5.74) is 8.16. The van der Waals surface area contributed by atoms with Crippen LogP contribution in [0.5, 0.6) is 5.75 Å². The van der Waals surface area contributed by atoms with Gasteiger partial charge in [-0.15, -0.1) is 11.3 Å². The highest BCUT2D eigenvalue weighted by Gasteiger charge is 2.09. The van der Waals surface area contributed by atoms with Gasteiger partial charge >= 0.3 is 0 Å². The van der Waals surface area contributed by atoms with Gasteiger partial charge in [0.25, 0.3) is 0 Å². The Morgan fingerprint density at radius 2 is 2.07 bits per heavy atom. The first kappa shape index (κ1) is 19.5. The molecular weight excluding hydrogens is 405 g/mol. The average Bonchev–Trinajstić information content (AvgIpc) is 3.08. The molecule has 1 heterocycles. The lowest BCUT2D eigenvalue weighted by Crippen LogP contribution is -2.12. The second-order valence-electron chi connectivity index (χ2n) is 5.74. The molecule has 0 spiro atoms. The molecule has 0 aliphatic carbocycles. The van der Waals surface area contributed by atoms with Crippen molar-refractivity contribution in [3.63, 3.8) is 0 Å². The summed E-state index contributed by atoms with van der Waals surface area (Å²) in [5, 5.41) is 6.24. The third-order valence-electron chi connectivity index (χ3n) is 3.63. The zero-order valence-corrected chi connectivity index (χ0v) is 16.6. The molecule has 1 amide bonds. The molecule has 3 aromatic rings. The van der Waals surface area contributed by atoms with Gasteiger partial charge in [-0.2, -0.15) is 0 Å². The molecule has 0 saturated carbocycles. The predicted molar refractivity (Wildman–Crippen MR) is 112 cm³/mol. The zero-order valence-electron chi connectivity index (χ0n) is 14.2. The number of hydrogen-bond acceptors (Lipinski definition) is 5. The molecule has 0 atom stereocenters. The highest BCUT2D eigenvalue weighted by molar-refractivity contribution is 7.14. The molecule has 8 heteroatoms. The number of thiazole rings is 1. The van der Waals surface area contributed by atoms with E-state index >= 15 is 0 Å². The van der Waals surface area contributed by atoms with E-state index in [1.165, 1.54) is 11.3 Å². The number of nitrogens with zero attached hydrogens (tertiary/aromatic N) is 1. The Bertz CT molecular complexity index is 946. The second-order valence-corrected chi connectivity index (χ2v) is 7.44. The summed E-state index contributed by atoms with van der Waals surface area (Å²) in [6.07, 6.45) is 0.872. The summed E-state index contributed by atoms with van der Waals surface area (Å²) in [5.74, 6) is 0.433. The largest absolute Gasteiger partial charge is 0.492 e. The number of nitrogens with two attached hydrogens (primary N) is 1. The molecule has 3 N–H and O–H groups in total. The average molecular weight is 422 g/mol. The van der Waals surface area contributed by atoms with Crippen LogP contribution in [0, 0.1) is 0 Å². The molecule has 0 saturated heterocycles. The highest BCUT2D eigenvalue weighted by Crippen LogP contribution is 2.28. The van der Waals surface area contributed by atoms with E-state index in [0.717, 1.165) is 11.3 Å². The third kappa shape index (κ3) is 5.60. The molecule has 0 unspecified atom stereocenters. The lowest BCUT2D eigenvalue weighted by atomic mass is 10.1. The van der Waals surface area contributed by atoms with E-state index in [-0.39, 0.29) is 5.91 Å². The van der Waals surface area contributed by atoms with Crippen LogP contribution in [0.4, 0.5) is 10.8 Å². The molecule has 0 aliphatic rings. The Balaban J connectivity index is 1.46. The lowest BCUT2D eigenvalue weighted by molar-refractivity contribution is -0.116. The lowest BCUT2D eigenvalue weighted by Gasteiger charge is -2.08. The fraction of sp³-hybridized carbons (Fsp3) is 0.158. The number of halogens is 2. The fourth-order valence-electron chi connectivity index (χ4n) is 2.35. The monoisotopic (exact) mass is 421 g/mol. The predicted octanol–water partition coefficient (Wildman–Crippen LogP) is 5.50. The van der Waals surface area contributed by atoms with Gasteiger partial charge in [0, 0.05) is 28.1 Å². The maximum atomic E-state index is 12.1. The molecule has 3 rings (SSSR count). The van der Waals surface area contributed by atoms with Crippen LogP contribution in [0.3, 0.4) is 0 Å². The Kier molecular flexibility index (Phi) is 6.55. The Labute approximate surface area is 171 Å². The number of benzene rings is 2. The van der Waals surface area contributed by atoms with Gasteiger partial charge in [-0.1, -0.05) is 35.3 Å². The van der Waals surface area contributed by atoms with Crippen LogP contribution in [-0.4, -0.2) is 17.5 Å². The van der Waals surface area contributed by atoms with E-state index in [2.05, 4.69) is 10.3 Å². The van der Waals surface area contributed by atoms with Crippen LogP contribution in [0.25, 0.3) is 11.3 Å². The van der Waals surface area contributed by atoms with Gasteiger partial charge < -0.3 is 15.8 Å². The molecule has 2 aromatic carbocycles. The maximum absolute atomic E-state index is 12.1. The van der Waals surface area contributed by atoms with Gasteiger partial charge in [0.1, 0.15) is 5.75 Å². The van der Waals surface area contributed by atoms with Crippen molar-refractivity contribution in [3.05, 3.63) is 57.9 Å². The number of rotatable bonds is 7. The molecular formula is C19H17Cl2N3O2S. The van der Waals surface area contributed by atoms with E-state index in [9.17, 15) is 4.79 Å². The first-order chi connectivity index (χ1) is 13.0. The number of anilines is 2. The highest BCUT2D eigenvalue weighted by atomic mass is 35.5. The smallest absolute Gasteiger partial charge is 0.226 e. The van der Waals surface area contributed by atoms with Gasteiger partial charge in [0.2, 0.25) is 5.91 Å². The van der Waals surface area contributed by atoms with E-state index in [1.807, 2.05) is 29.6 Å². The number of carbonyl (C=O) groups is 1. The molecule has 5 nitrogen and oxygen atoms in total. The summed E-state index contributed by atoms with van der Waals surface area (Å²) in [4.78, 5) is 16.5. The zero-order chi connectivity index (χ0) is 19.2. The van der Waals surface area contributed by atoms with Crippen molar-refractivity contribution in [1.82, 2.24) is 4.98 Å². The van der Waals surface area contributed by atoms with Crippen LogP contribution < -0.4 is 15.8 Å². The quantitative estimate of drug-likeness (QED) is 0.390. The maximum Gasteiger partial charge on any atom is 0.226 e. The van der Waals surface area contributed by atoms with Crippen molar-refractivity contribution < 1.29 is 9.53 Å². The first-order valence-electron chi connectivity index (χ1n) is 8.20. The summed E-state index contributed by atoms with van der Waals surface area (Å²) in [6, 6.07) is 12.5. The van der Waals surface area contributed by atoms with Crippen molar-refractivity contribution in [2.24, 2.45) is 0 Å². The van der Waals surface area contributed by atoms with Crippen LogP contribution in [-0.2, 0) is 4.79 Å². The van der Waals surface area contributed by atoms with Gasteiger partial charge in [-0.3, -0.25) is 4.79 Å². The number of aromatic nitrogens is 1. The molecule has 0 bridgehead atoms. The summed E-state index contributed by atoms with van der Waals surface area (Å²) in [7, 11) is 0. The van der Waals surface area contributed by atoms with Gasteiger partial charge in [0.15, 0.2) is 5.13 Å². The van der Waals surface area contributed by atoms with Crippen molar-refractivity contribution >= 4 is 51.3 Å². The van der Waals surface area contributed by atoms with Crippen molar-refractivity contribution in [2.45, 2.75) is 12.8 Å². The summed E-state index contributed by atoms with van der Waals surface area (Å²) < 4.78 is 5.57. The minimum absolute atomic E-state index is 0.116. The standard InChI is InChI=1S/C19H17Cl2N3O2S/c20-13-6-7-17(15(21)10-13)26-8-2-5-18(25)24-19-23-16(11-27-19)12-3-1-4-14(22)9-12/h1,3-4,6-7,9-11H,2,5,8,22H2,(H,23,24,25). The molecule has 27 heavy (non-hydrogen) atoms. The van der Waals surface area contributed by atoms with Gasteiger partial charge in [-0.05, 0) is 36.8 Å². The molecule has 0 radical (unpaired) electrons. The number of carbonyl (C=O) groups excluding carboxylic acids is 1. The number of nitrogens with one attached hydrogen (secondary N) is 1. The van der Waals surface area contributed by atoms with E-state index in [0.29, 0.717) is 46.1 Å². The van der Waals surface area contributed by atoms with Crippen LogP contribution in [0.15, 0.2) is 47.8 Å². The molecule has 140 valence electrons. The Morgan fingerprint density at radius 3 is 2.85 bits per heavy atom. The summed E-state index contributed by atoms with van der Waals surface area (Å²) >= 11 is 13.3. The third-order valence-corrected chi connectivity index (χ3v) is 4.92. The minimum Gasteiger partial charge on any atom is -0.492 e. The van der Waals surface area contributed by atoms with E-state index in [1.54, 1.807) is 18.2 Å². The van der Waals surface area contributed by atoms with Crippen molar-refractivity contribution in [2.75, 3.05) is 17.7 Å². The van der Waals surface area contributed by atoms with Gasteiger partial charge in [-0.25, -0.2) is 4.98 Å². The summed E-state index contributed by atoms with van der Waals surface area (Å²) in [6.45, 7) is 0.376. The van der Waals surface area contributed by atoms with Crippen molar-refractivity contribution in [3.8, 4) is 17.0 Å². The van der Waals surface area contributed by atoms with Crippen LogP contribution in [0.2, 0.25) is 10.0 Å². The van der Waals surface area contributed by atoms with Crippen LogP contribution in [0.1, 0.15) is 12.8 Å². The number of hydrogen-bond donors (Lipinski definition) is 2. The number of ether oxygens (including phenoxy) is 1. The van der Waals surface area contributed by atoms with E-state index < -0.39 is 0 Å². The first-order valence-corrected chi connectivity index (χ1v) is 9.84.